The molecule has 3 nitrogen and oxygen atoms in total. The number of nitriles is 1. The van der Waals surface area contributed by atoms with Crippen molar-refractivity contribution in [2.24, 2.45) is 0 Å². The number of hydrogen-bond donors (Lipinski definition) is 0. The molecule has 0 N–H and O–H groups in total. The molecule has 0 bridgehead atoms. The molecular weight excluding hydrogens is 274 g/mol. The Balaban J connectivity index is 2.52. The fraction of sp³-hybridized carbons (Fsp3) is 0.211. The largest absolute Gasteiger partial charge is 0.493 e. The number of nitrogens with zero attached hydrogens (tertiary/aromatic N) is 1. The second-order valence-electron chi connectivity index (χ2n) is 5.08. The second kappa shape index (κ2) is 7.33. The van der Waals surface area contributed by atoms with Crippen molar-refractivity contribution in [2.45, 2.75) is 20.0 Å². The van der Waals surface area contributed by atoms with Crippen molar-refractivity contribution >= 4 is 11.6 Å². The smallest absolute Gasteiger partial charge is 0.168 e. The third kappa shape index (κ3) is 3.67. The van der Waals surface area contributed by atoms with Crippen LogP contribution < -0.4 is 9.47 Å². The number of methoxy groups -OCH3 is 1. The van der Waals surface area contributed by atoms with E-state index >= 15 is 0 Å². The van der Waals surface area contributed by atoms with Crippen molar-refractivity contribution in [2.75, 3.05) is 7.11 Å². The highest BCUT2D eigenvalue weighted by atomic mass is 16.5. The van der Waals surface area contributed by atoms with E-state index in [-0.39, 0.29) is 6.10 Å². The molecule has 0 aromatic heterocycles. The van der Waals surface area contributed by atoms with Crippen molar-refractivity contribution in [3.8, 4) is 17.6 Å². The van der Waals surface area contributed by atoms with Crippen LogP contribution in [0.15, 0.2) is 48.5 Å². The summed E-state index contributed by atoms with van der Waals surface area (Å²) in [6.07, 6.45) is 1.85. The minimum atomic E-state index is 0.0192. The van der Waals surface area contributed by atoms with Gasteiger partial charge in [0.25, 0.3) is 0 Å². The molecule has 0 aliphatic rings. The van der Waals surface area contributed by atoms with Crippen LogP contribution in [-0.2, 0) is 0 Å². The molecule has 0 aliphatic heterocycles. The molecule has 0 aliphatic carbocycles. The van der Waals surface area contributed by atoms with Gasteiger partial charge in [-0.05, 0) is 31.6 Å². The molecule has 0 amide bonds. The zero-order chi connectivity index (χ0) is 15.9. The minimum absolute atomic E-state index is 0.0192. The van der Waals surface area contributed by atoms with Gasteiger partial charge in [0.05, 0.1) is 24.9 Å². The Kier molecular flexibility index (Phi) is 5.21. The number of rotatable bonds is 5. The van der Waals surface area contributed by atoms with E-state index < -0.39 is 0 Å². The van der Waals surface area contributed by atoms with Crippen LogP contribution in [0.25, 0.3) is 11.6 Å². The Labute approximate surface area is 131 Å². The van der Waals surface area contributed by atoms with E-state index in [2.05, 4.69) is 6.07 Å². The Hall–Kier alpha value is -2.73. The molecule has 3 heteroatoms. The van der Waals surface area contributed by atoms with Crippen molar-refractivity contribution in [1.82, 2.24) is 0 Å². The first-order valence-corrected chi connectivity index (χ1v) is 7.16. The second-order valence-corrected chi connectivity index (χ2v) is 5.08. The number of para-hydroxylation sites is 1. The molecule has 0 radical (unpaired) electrons. The van der Waals surface area contributed by atoms with Gasteiger partial charge in [-0.15, -0.1) is 0 Å². The maximum Gasteiger partial charge on any atom is 0.168 e. The quantitative estimate of drug-likeness (QED) is 0.600. The Bertz CT molecular complexity index is 697. The SMILES string of the molecule is COc1cccc(C=C(C#N)c2ccccc2)c1OC(C)C. The lowest BCUT2D eigenvalue weighted by Gasteiger charge is -2.16. The van der Waals surface area contributed by atoms with Gasteiger partial charge in [-0.3, -0.25) is 0 Å². The van der Waals surface area contributed by atoms with Crippen LogP contribution in [0, 0.1) is 11.3 Å². The topological polar surface area (TPSA) is 42.2 Å². The maximum absolute atomic E-state index is 9.45. The predicted molar refractivity (Wildman–Crippen MR) is 88.7 cm³/mol. The molecule has 0 unspecified atom stereocenters. The van der Waals surface area contributed by atoms with E-state index in [1.54, 1.807) is 7.11 Å². The van der Waals surface area contributed by atoms with Crippen molar-refractivity contribution < 1.29 is 9.47 Å². The van der Waals surface area contributed by atoms with E-state index in [9.17, 15) is 5.26 Å². The predicted octanol–water partition coefficient (Wildman–Crippen LogP) is 4.55. The Morgan fingerprint density at radius 2 is 1.82 bits per heavy atom. The minimum Gasteiger partial charge on any atom is -0.493 e. The summed E-state index contributed by atoms with van der Waals surface area (Å²) >= 11 is 0. The summed E-state index contributed by atoms with van der Waals surface area (Å²) in [6.45, 7) is 3.92. The van der Waals surface area contributed by atoms with E-state index in [1.165, 1.54) is 0 Å². The van der Waals surface area contributed by atoms with Gasteiger partial charge in [-0.2, -0.15) is 5.26 Å². The van der Waals surface area contributed by atoms with E-state index in [0.717, 1.165) is 11.1 Å². The highest BCUT2D eigenvalue weighted by Gasteiger charge is 2.12. The molecule has 2 aromatic carbocycles. The van der Waals surface area contributed by atoms with Gasteiger partial charge in [0, 0.05) is 5.56 Å². The van der Waals surface area contributed by atoms with Gasteiger partial charge in [0.1, 0.15) is 0 Å². The van der Waals surface area contributed by atoms with Gasteiger partial charge in [0.2, 0.25) is 0 Å². The number of allylic oxidation sites excluding steroid dienone is 1. The third-order valence-corrected chi connectivity index (χ3v) is 3.09. The summed E-state index contributed by atoms with van der Waals surface area (Å²) in [5.41, 5.74) is 2.29. The fourth-order valence-electron chi connectivity index (χ4n) is 2.12. The first-order chi connectivity index (χ1) is 10.7. The molecular formula is C19H19NO2. The highest BCUT2D eigenvalue weighted by Crippen LogP contribution is 2.34. The van der Waals surface area contributed by atoms with Crippen LogP contribution in [0.2, 0.25) is 0 Å². The lowest BCUT2D eigenvalue weighted by atomic mass is 10.0. The van der Waals surface area contributed by atoms with Gasteiger partial charge >= 0.3 is 0 Å². The normalized spacial score (nSPS) is 11.1. The van der Waals surface area contributed by atoms with E-state index in [1.807, 2.05) is 68.5 Å². The van der Waals surface area contributed by atoms with Crippen LogP contribution in [0.1, 0.15) is 25.0 Å². The molecule has 0 saturated heterocycles. The first-order valence-electron chi connectivity index (χ1n) is 7.16. The van der Waals surface area contributed by atoms with Gasteiger partial charge in [0.15, 0.2) is 11.5 Å². The van der Waals surface area contributed by atoms with Gasteiger partial charge in [-0.1, -0.05) is 42.5 Å². The molecule has 0 atom stereocenters. The van der Waals surface area contributed by atoms with Crippen molar-refractivity contribution in [1.29, 1.82) is 5.26 Å². The summed E-state index contributed by atoms with van der Waals surface area (Å²) < 4.78 is 11.2. The number of benzene rings is 2. The molecule has 2 aromatic rings. The molecule has 112 valence electrons. The Morgan fingerprint density at radius 3 is 2.41 bits per heavy atom. The summed E-state index contributed by atoms with van der Waals surface area (Å²) in [4.78, 5) is 0. The summed E-state index contributed by atoms with van der Waals surface area (Å²) in [6, 6.07) is 17.5. The fourth-order valence-corrected chi connectivity index (χ4v) is 2.12. The van der Waals surface area contributed by atoms with E-state index in [0.29, 0.717) is 17.1 Å². The van der Waals surface area contributed by atoms with Crippen LogP contribution in [0.4, 0.5) is 0 Å². The van der Waals surface area contributed by atoms with Crippen LogP contribution >= 0.6 is 0 Å². The zero-order valence-corrected chi connectivity index (χ0v) is 13.0. The molecule has 22 heavy (non-hydrogen) atoms. The zero-order valence-electron chi connectivity index (χ0n) is 13.0. The van der Waals surface area contributed by atoms with Crippen LogP contribution in [-0.4, -0.2) is 13.2 Å². The van der Waals surface area contributed by atoms with Crippen LogP contribution in [0.3, 0.4) is 0 Å². The van der Waals surface area contributed by atoms with Crippen molar-refractivity contribution in [3.63, 3.8) is 0 Å². The lowest BCUT2D eigenvalue weighted by Crippen LogP contribution is -2.08. The first kappa shape index (κ1) is 15.7. The number of ether oxygens (including phenoxy) is 2. The van der Waals surface area contributed by atoms with Gasteiger partial charge in [-0.25, -0.2) is 0 Å². The molecule has 0 fully saturated rings. The average molecular weight is 293 g/mol. The molecule has 0 saturated carbocycles. The van der Waals surface area contributed by atoms with Gasteiger partial charge < -0.3 is 9.47 Å². The summed E-state index contributed by atoms with van der Waals surface area (Å²) in [5, 5.41) is 9.45. The van der Waals surface area contributed by atoms with Crippen molar-refractivity contribution in [3.05, 3.63) is 59.7 Å². The van der Waals surface area contributed by atoms with E-state index in [4.69, 9.17) is 9.47 Å². The summed E-state index contributed by atoms with van der Waals surface area (Å²) in [5.74, 6) is 1.32. The number of hydrogen-bond acceptors (Lipinski definition) is 3. The average Bonchev–Trinajstić information content (AvgIpc) is 2.54. The third-order valence-electron chi connectivity index (χ3n) is 3.09. The standard InChI is InChI=1S/C19H19NO2/c1-14(2)22-19-16(10-7-11-18(19)21-3)12-17(13-20)15-8-5-4-6-9-15/h4-12,14H,1-3H3. The summed E-state index contributed by atoms with van der Waals surface area (Å²) in [7, 11) is 1.61. The molecule has 2 rings (SSSR count). The molecule has 0 spiro atoms. The lowest BCUT2D eigenvalue weighted by molar-refractivity contribution is 0.229. The molecule has 0 heterocycles. The maximum atomic E-state index is 9.45. The Morgan fingerprint density at radius 1 is 1.09 bits per heavy atom. The highest BCUT2D eigenvalue weighted by molar-refractivity contribution is 5.91. The van der Waals surface area contributed by atoms with Crippen LogP contribution in [0.5, 0.6) is 11.5 Å². The monoisotopic (exact) mass is 293 g/mol.